The van der Waals surface area contributed by atoms with Gasteiger partial charge >= 0.3 is 11.9 Å². The van der Waals surface area contributed by atoms with Crippen molar-refractivity contribution in [1.82, 2.24) is 0 Å². The molecule has 0 aliphatic heterocycles. The van der Waals surface area contributed by atoms with Gasteiger partial charge in [0.2, 0.25) is 0 Å². The van der Waals surface area contributed by atoms with E-state index in [1.54, 1.807) is 13.0 Å². The van der Waals surface area contributed by atoms with Crippen molar-refractivity contribution in [2.24, 2.45) is 0 Å². The summed E-state index contributed by atoms with van der Waals surface area (Å²) in [5, 5.41) is 8.70. The van der Waals surface area contributed by atoms with Gasteiger partial charge in [0.1, 0.15) is 0 Å². The Morgan fingerprint density at radius 3 is 2.32 bits per heavy atom. The molecule has 0 aromatic heterocycles. The monoisotopic (exact) mass is 356 g/mol. The molecule has 0 fully saturated rings. The highest BCUT2D eigenvalue weighted by Crippen LogP contribution is 2.11. The standard InChI is InChI=1S/C20H36O5/c1-3-5-6-12-15-18(20(23)24-4-2)25-19(22)16-13-10-8-7-9-11-14-17-21/h13,16,18,21H,3-12,14-15,17H2,1-2H3. The van der Waals surface area contributed by atoms with Crippen molar-refractivity contribution >= 4 is 11.9 Å². The molecule has 0 aliphatic carbocycles. The van der Waals surface area contributed by atoms with E-state index in [1.165, 1.54) is 6.08 Å². The minimum atomic E-state index is -0.799. The van der Waals surface area contributed by atoms with Crippen molar-refractivity contribution in [3.05, 3.63) is 12.2 Å². The van der Waals surface area contributed by atoms with Gasteiger partial charge in [-0.15, -0.1) is 0 Å². The average molecular weight is 357 g/mol. The molecule has 1 atom stereocenters. The summed E-state index contributed by atoms with van der Waals surface area (Å²) in [6.07, 6.45) is 12.9. The lowest BCUT2D eigenvalue weighted by Crippen LogP contribution is -2.28. The lowest BCUT2D eigenvalue weighted by Gasteiger charge is -2.15. The zero-order valence-corrected chi connectivity index (χ0v) is 16.0. The van der Waals surface area contributed by atoms with E-state index in [2.05, 4.69) is 6.92 Å². The summed E-state index contributed by atoms with van der Waals surface area (Å²) in [6, 6.07) is 0. The number of rotatable bonds is 16. The lowest BCUT2D eigenvalue weighted by atomic mass is 10.1. The second-order valence-corrected chi connectivity index (χ2v) is 6.21. The van der Waals surface area contributed by atoms with Crippen molar-refractivity contribution in [3.8, 4) is 0 Å². The minimum absolute atomic E-state index is 0.256. The van der Waals surface area contributed by atoms with Gasteiger partial charge in [0.25, 0.3) is 0 Å². The van der Waals surface area contributed by atoms with Crippen LogP contribution in [-0.4, -0.2) is 36.4 Å². The summed E-state index contributed by atoms with van der Waals surface area (Å²) in [4.78, 5) is 23.8. The Balaban J connectivity index is 4.09. The molecule has 0 saturated heterocycles. The molecule has 5 heteroatoms. The SMILES string of the molecule is CCCCCCC(OC(=O)C=CCCCCCCCO)C(=O)OCC. The van der Waals surface area contributed by atoms with Crippen molar-refractivity contribution in [2.45, 2.75) is 90.6 Å². The summed E-state index contributed by atoms with van der Waals surface area (Å²) in [5.74, 6) is -0.932. The Labute approximate surface area is 152 Å². The number of hydrogen-bond acceptors (Lipinski definition) is 5. The van der Waals surface area contributed by atoms with Crippen LogP contribution in [0.3, 0.4) is 0 Å². The highest BCUT2D eigenvalue weighted by Gasteiger charge is 2.22. The number of carbonyl (C=O) groups is 2. The third-order valence-corrected chi connectivity index (χ3v) is 3.91. The third-order valence-electron chi connectivity index (χ3n) is 3.91. The van der Waals surface area contributed by atoms with Gasteiger partial charge in [-0.25, -0.2) is 9.59 Å². The van der Waals surface area contributed by atoms with Gasteiger partial charge in [0.15, 0.2) is 6.10 Å². The number of aliphatic hydroxyl groups is 1. The molecule has 0 aromatic carbocycles. The maximum atomic E-state index is 11.9. The first-order valence-corrected chi connectivity index (χ1v) is 9.80. The van der Waals surface area contributed by atoms with Gasteiger partial charge in [-0.1, -0.05) is 51.5 Å². The Morgan fingerprint density at radius 1 is 0.960 bits per heavy atom. The predicted molar refractivity (Wildman–Crippen MR) is 99.2 cm³/mol. The van der Waals surface area contributed by atoms with Crippen LogP contribution in [0.1, 0.15) is 84.5 Å². The van der Waals surface area contributed by atoms with Crippen LogP contribution in [0, 0.1) is 0 Å². The highest BCUT2D eigenvalue weighted by atomic mass is 16.6. The van der Waals surface area contributed by atoms with E-state index in [0.29, 0.717) is 6.42 Å². The summed E-state index contributed by atoms with van der Waals surface area (Å²) in [7, 11) is 0. The first-order valence-electron chi connectivity index (χ1n) is 9.80. The van der Waals surface area contributed by atoms with Crippen LogP contribution in [0.15, 0.2) is 12.2 Å². The van der Waals surface area contributed by atoms with E-state index in [9.17, 15) is 9.59 Å². The zero-order valence-electron chi connectivity index (χ0n) is 16.0. The molecule has 1 unspecified atom stereocenters. The van der Waals surface area contributed by atoms with Gasteiger partial charge in [0, 0.05) is 12.7 Å². The molecule has 1 N–H and O–H groups in total. The van der Waals surface area contributed by atoms with Crippen LogP contribution < -0.4 is 0 Å². The fraction of sp³-hybridized carbons (Fsp3) is 0.800. The second kappa shape index (κ2) is 17.5. The normalized spacial score (nSPS) is 12.3. The molecule has 5 nitrogen and oxygen atoms in total. The molecular formula is C20H36O5. The van der Waals surface area contributed by atoms with E-state index in [1.807, 2.05) is 0 Å². The Morgan fingerprint density at radius 2 is 1.64 bits per heavy atom. The van der Waals surface area contributed by atoms with Crippen LogP contribution in [0.2, 0.25) is 0 Å². The van der Waals surface area contributed by atoms with Crippen molar-refractivity contribution in [3.63, 3.8) is 0 Å². The number of aliphatic hydroxyl groups excluding tert-OH is 1. The average Bonchev–Trinajstić information content (AvgIpc) is 2.60. The molecule has 0 amide bonds. The van der Waals surface area contributed by atoms with Crippen molar-refractivity contribution in [1.29, 1.82) is 0 Å². The van der Waals surface area contributed by atoms with Crippen molar-refractivity contribution in [2.75, 3.05) is 13.2 Å². The molecule has 0 radical (unpaired) electrons. The van der Waals surface area contributed by atoms with E-state index < -0.39 is 18.0 Å². The van der Waals surface area contributed by atoms with Crippen LogP contribution in [-0.2, 0) is 19.1 Å². The third kappa shape index (κ3) is 14.7. The molecule has 0 aliphatic rings. The Kier molecular flexibility index (Phi) is 16.5. The smallest absolute Gasteiger partial charge is 0.347 e. The summed E-state index contributed by atoms with van der Waals surface area (Å²) in [6.45, 7) is 4.41. The first-order chi connectivity index (χ1) is 12.2. The van der Waals surface area contributed by atoms with Gasteiger partial charge in [-0.05, 0) is 39.0 Å². The molecule has 0 rings (SSSR count). The number of hydrogen-bond donors (Lipinski definition) is 1. The quantitative estimate of drug-likeness (QED) is 0.253. The van der Waals surface area contributed by atoms with Gasteiger partial charge < -0.3 is 14.6 Å². The van der Waals surface area contributed by atoms with Crippen LogP contribution in [0.4, 0.5) is 0 Å². The molecule has 0 spiro atoms. The van der Waals surface area contributed by atoms with E-state index in [4.69, 9.17) is 14.6 Å². The summed E-state index contributed by atoms with van der Waals surface area (Å²) in [5.41, 5.74) is 0. The maximum absolute atomic E-state index is 11.9. The molecule has 0 bridgehead atoms. The van der Waals surface area contributed by atoms with Gasteiger partial charge in [-0.2, -0.15) is 0 Å². The number of ether oxygens (including phenoxy) is 2. The minimum Gasteiger partial charge on any atom is -0.463 e. The Bertz CT molecular complexity index is 365. The zero-order chi connectivity index (χ0) is 18.8. The fourth-order valence-electron chi connectivity index (χ4n) is 2.48. The molecule has 25 heavy (non-hydrogen) atoms. The van der Waals surface area contributed by atoms with Crippen LogP contribution in [0.5, 0.6) is 0 Å². The number of allylic oxidation sites excluding steroid dienone is 1. The fourth-order valence-corrected chi connectivity index (χ4v) is 2.48. The molecule has 0 saturated carbocycles. The van der Waals surface area contributed by atoms with Crippen molar-refractivity contribution < 1.29 is 24.2 Å². The number of unbranched alkanes of at least 4 members (excludes halogenated alkanes) is 8. The predicted octanol–water partition coefficient (Wildman–Crippen LogP) is 4.32. The van der Waals surface area contributed by atoms with E-state index >= 15 is 0 Å². The van der Waals surface area contributed by atoms with Crippen LogP contribution in [0.25, 0.3) is 0 Å². The molecular weight excluding hydrogens is 320 g/mol. The first kappa shape index (κ1) is 23.6. The number of carbonyl (C=O) groups excluding carboxylic acids is 2. The topological polar surface area (TPSA) is 72.8 Å². The highest BCUT2D eigenvalue weighted by molar-refractivity contribution is 5.85. The maximum Gasteiger partial charge on any atom is 0.347 e. The van der Waals surface area contributed by atoms with E-state index in [-0.39, 0.29) is 13.2 Å². The molecule has 146 valence electrons. The van der Waals surface area contributed by atoms with Crippen LogP contribution >= 0.6 is 0 Å². The lowest BCUT2D eigenvalue weighted by molar-refractivity contribution is -0.165. The molecule has 0 aromatic rings. The number of esters is 2. The second-order valence-electron chi connectivity index (χ2n) is 6.21. The summed E-state index contributed by atoms with van der Waals surface area (Å²) >= 11 is 0. The Hall–Kier alpha value is -1.36. The largest absolute Gasteiger partial charge is 0.463 e. The van der Waals surface area contributed by atoms with Gasteiger partial charge in [-0.3, -0.25) is 0 Å². The summed E-state index contributed by atoms with van der Waals surface area (Å²) < 4.78 is 10.3. The van der Waals surface area contributed by atoms with E-state index in [0.717, 1.165) is 64.2 Å². The van der Waals surface area contributed by atoms with Gasteiger partial charge in [0.05, 0.1) is 6.61 Å². The molecule has 0 heterocycles.